The van der Waals surface area contributed by atoms with E-state index in [1.165, 1.54) is 4.31 Å². The fourth-order valence-corrected chi connectivity index (χ4v) is 5.70. The lowest BCUT2D eigenvalue weighted by atomic mass is 10.1. The minimum atomic E-state index is -3.64. The topological polar surface area (TPSA) is 75.5 Å². The second-order valence-electron chi connectivity index (χ2n) is 7.93. The number of aromatic nitrogens is 2. The Labute approximate surface area is 173 Å². The lowest BCUT2D eigenvalue weighted by Gasteiger charge is -2.34. The van der Waals surface area contributed by atoms with Gasteiger partial charge in [0, 0.05) is 32.2 Å². The van der Waals surface area contributed by atoms with Crippen LogP contribution in [0, 0.1) is 20.8 Å². The van der Waals surface area contributed by atoms with Gasteiger partial charge in [0.15, 0.2) is 0 Å². The molecule has 0 unspecified atom stereocenters. The normalized spacial score (nSPS) is 15.9. The highest BCUT2D eigenvalue weighted by molar-refractivity contribution is 7.89. The number of carbonyl (C=O) groups excluding carboxylic acids is 1. The third kappa shape index (κ3) is 4.23. The maximum absolute atomic E-state index is 13.2. The number of sulfonamides is 1. The van der Waals surface area contributed by atoms with Gasteiger partial charge in [0.25, 0.3) is 0 Å². The maximum Gasteiger partial charge on any atom is 0.246 e. The van der Waals surface area contributed by atoms with Gasteiger partial charge in [0.05, 0.1) is 17.8 Å². The van der Waals surface area contributed by atoms with Crippen LogP contribution in [0.2, 0.25) is 0 Å². The lowest BCUT2D eigenvalue weighted by molar-refractivity contribution is -0.131. The molecule has 1 saturated heterocycles. The van der Waals surface area contributed by atoms with Gasteiger partial charge in [-0.2, -0.15) is 9.40 Å². The van der Waals surface area contributed by atoms with Crippen molar-refractivity contribution in [2.45, 2.75) is 52.0 Å². The highest BCUT2D eigenvalue weighted by Crippen LogP contribution is 2.26. The molecule has 8 heteroatoms. The summed E-state index contributed by atoms with van der Waals surface area (Å²) >= 11 is 0. The third-order valence-electron chi connectivity index (χ3n) is 5.54. The number of amides is 1. The molecule has 1 aliphatic rings. The molecule has 0 atom stereocenters. The quantitative estimate of drug-likeness (QED) is 0.748. The molecule has 29 heavy (non-hydrogen) atoms. The Morgan fingerprint density at radius 2 is 1.69 bits per heavy atom. The van der Waals surface area contributed by atoms with E-state index < -0.39 is 10.0 Å². The van der Waals surface area contributed by atoms with Crippen LogP contribution in [-0.2, 0) is 21.2 Å². The number of nitrogens with zero attached hydrogens (tertiary/aromatic N) is 4. The Hall–Kier alpha value is -2.19. The van der Waals surface area contributed by atoms with Crippen LogP contribution in [-0.4, -0.2) is 59.5 Å². The second-order valence-corrected chi connectivity index (χ2v) is 9.80. The van der Waals surface area contributed by atoms with Crippen molar-refractivity contribution in [3.63, 3.8) is 0 Å². The molecule has 1 aliphatic heterocycles. The number of hydrogen-bond donors (Lipinski definition) is 0. The zero-order chi connectivity index (χ0) is 21.3. The first-order valence-corrected chi connectivity index (χ1v) is 11.4. The van der Waals surface area contributed by atoms with E-state index in [4.69, 9.17) is 0 Å². The number of rotatable bonds is 5. The van der Waals surface area contributed by atoms with Gasteiger partial charge >= 0.3 is 0 Å². The Kier molecular flexibility index (Phi) is 6.14. The summed E-state index contributed by atoms with van der Waals surface area (Å²) in [6.07, 6.45) is 0.346. The minimum Gasteiger partial charge on any atom is -0.340 e. The van der Waals surface area contributed by atoms with Gasteiger partial charge in [-0.05, 0) is 45.7 Å². The number of carbonyl (C=O) groups is 1. The van der Waals surface area contributed by atoms with Gasteiger partial charge in [0.1, 0.15) is 4.90 Å². The van der Waals surface area contributed by atoms with Crippen molar-refractivity contribution in [2.75, 3.05) is 26.2 Å². The minimum absolute atomic E-state index is 0.0383. The molecular weight excluding hydrogens is 388 g/mol. The Balaban J connectivity index is 1.70. The highest BCUT2D eigenvalue weighted by atomic mass is 32.2. The molecule has 1 aromatic heterocycles. The van der Waals surface area contributed by atoms with Crippen molar-refractivity contribution in [3.05, 3.63) is 46.8 Å². The maximum atomic E-state index is 13.2. The van der Waals surface area contributed by atoms with Crippen molar-refractivity contribution < 1.29 is 13.2 Å². The van der Waals surface area contributed by atoms with Crippen molar-refractivity contribution in [1.82, 2.24) is 19.0 Å². The van der Waals surface area contributed by atoms with E-state index in [1.807, 2.05) is 45.0 Å². The largest absolute Gasteiger partial charge is 0.340 e. The highest BCUT2D eigenvalue weighted by Gasteiger charge is 2.34. The smallest absolute Gasteiger partial charge is 0.246 e. The summed E-state index contributed by atoms with van der Waals surface area (Å²) in [6.45, 7) is 10.9. The van der Waals surface area contributed by atoms with Gasteiger partial charge in [-0.1, -0.05) is 24.3 Å². The van der Waals surface area contributed by atoms with Gasteiger partial charge in [0.2, 0.25) is 15.9 Å². The zero-order valence-electron chi connectivity index (χ0n) is 17.8. The summed E-state index contributed by atoms with van der Waals surface area (Å²) < 4.78 is 29.7. The van der Waals surface area contributed by atoms with Gasteiger partial charge in [-0.15, -0.1) is 0 Å². The van der Waals surface area contributed by atoms with Crippen molar-refractivity contribution in [1.29, 1.82) is 0 Å². The van der Waals surface area contributed by atoms with Gasteiger partial charge < -0.3 is 4.90 Å². The number of piperazine rings is 1. The molecule has 3 rings (SSSR count). The number of benzene rings is 1. The SMILES string of the molecule is Cc1ccccc1CC(=O)N1CCN(S(=O)(=O)c2c(C)nn(C(C)C)c2C)CC1. The molecular formula is C21H30N4O3S. The van der Waals surface area contributed by atoms with Crippen LogP contribution in [0.5, 0.6) is 0 Å². The molecule has 0 bridgehead atoms. The first-order valence-electron chi connectivity index (χ1n) is 10.0. The van der Waals surface area contributed by atoms with E-state index in [0.717, 1.165) is 11.1 Å². The van der Waals surface area contributed by atoms with Gasteiger partial charge in [-0.25, -0.2) is 8.42 Å². The van der Waals surface area contributed by atoms with Crippen molar-refractivity contribution >= 4 is 15.9 Å². The number of hydrogen-bond acceptors (Lipinski definition) is 4. The van der Waals surface area contributed by atoms with Crippen molar-refractivity contribution in [2.24, 2.45) is 0 Å². The first-order chi connectivity index (χ1) is 13.6. The molecule has 0 radical (unpaired) electrons. The van der Waals surface area contributed by atoms with Crippen LogP contribution in [0.15, 0.2) is 29.2 Å². The summed E-state index contributed by atoms with van der Waals surface area (Å²) in [5.74, 6) is 0.0383. The number of aryl methyl sites for hydroxylation is 2. The van der Waals surface area contributed by atoms with E-state index in [2.05, 4.69) is 5.10 Å². The van der Waals surface area contributed by atoms with E-state index in [1.54, 1.807) is 23.4 Å². The molecule has 1 aromatic carbocycles. The molecule has 158 valence electrons. The summed E-state index contributed by atoms with van der Waals surface area (Å²) in [7, 11) is -3.64. The van der Waals surface area contributed by atoms with Crippen LogP contribution in [0.25, 0.3) is 0 Å². The summed E-state index contributed by atoms with van der Waals surface area (Å²) in [6, 6.07) is 7.94. The van der Waals surface area contributed by atoms with E-state index in [-0.39, 0.29) is 11.9 Å². The molecule has 0 aliphatic carbocycles. The fourth-order valence-electron chi connectivity index (χ4n) is 3.91. The van der Waals surface area contributed by atoms with Crippen LogP contribution in [0.4, 0.5) is 0 Å². The Bertz CT molecular complexity index is 1000. The van der Waals surface area contributed by atoms with Crippen LogP contribution >= 0.6 is 0 Å². The average molecular weight is 419 g/mol. The monoisotopic (exact) mass is 418 g/mol. The fraction of sp³-hybridized carbons (Fsp3) is 0.524. The first kappa shape index (κ1) is 21.5. The second kappa shape index (κ2) is 8.28. The molecule has 1 amide bonds. The third-order valence-corrected chi connectivity index (χ3v) is 7.69. The molecule has 2 aromatic rings. The zero-order valence-corrected chi connectivity index (χ0v) is 18.7. The predicted molar refractivity (Wildman–Crippen MR) is 112 cm³/mol. The summed E-state index contributed by atoms with van der Waals surface area (Å²) in [5.41, 5.74) is 3.29. The van der Waals surface area contributed by atoms with E-state index >= 15 is 0 Å². The molecule has 1 fully saturated rings. The van der Waals surface area contributed by atoms with Crippen molar-refractivity contribution in [3.8, 4) is 0 Å². The Morgan fingerprint density at radius 3 is 2.24 bits per heavy atom. The molecule has 2 heterocycles. The van der Waals surface area contributed by atoms with Crippen LogP contribution in [0.3, 0.4) is 0 Å². The molecule has 0 N–H and O–H groups in total. The van der Waals surface area contributed by atoms with E-state index in [9.17, 15) is 13.2 Å². The average Bonchev–Trinajstić information content (AvgIpc) is 2.98. The summed E-state index contributed by atoms with van der Waals surface area (Å²) in [4.78, 5) is 14.7. The van der Waals surface area contributed by atoms with Gasteiger partial charge in [-0.3, -0.25) is 9.48 Å². The van der Waals surface area contributed by atoms with Crippen LogP contribution in [0.1, 0.15) is 42.4 Å². The lowest BCUT2D eigenvalue weighted by Crippen LogP contribution is -2.51. The van der Waals surface area contributed by atoms with Crippen LogP contribution < -0.4 is 0 Å². The summed E-state index contributed by atoms with van der Waals surface area (Å²) in [5, 5.41) is 4.42. The Morgan fingerprint density at radius 1 is 1.07 bits per heavy atom. The van der Waals surface area contributed by atoms with E-state index in [0.29, 0.717) is 48.9 Å². The molecule has 7 nitrogen and oxygen atoms in total. The standard InChI is InChI=1S/C21H30N4O3S/c1-15(2)25-18(5)21(17(4)22-25)29(27,28)24-12-10-23(11-13-24)20(26)14-19-9-7-6-8-16(19)3/h6-9,15H,10-14H2,1-5H3. The molecule has 0 saturated carbocycles. The predicted octanol–water partition coefficient (Wildman–Crippen LogP) is 2.46. The molecule has 0 spiro atoms.